The first kappa shape index (κ1) is 22.1. The zero-order chi connectivity index (χ0) is 23.3. The van der Waals surface area contributed by atoms with E-state index in [9.17, 15) is 4.79 Å². The number of aromatic nitrogens is 1. The van der Waals surface area contributed by atoms with Crippen molar-refractivity contribution in [2.75, 3.05) is 37.8 Å². The molecule has 2 N–H and O–H groups in total. The number of nitrogens with one attached hydrogen (secondary N) is 1. The van der Waals surface area contributed by atoms with Crippen LogP contribution < -0.4 is 10.2 Å². The Balaban J connectivity index is 1.31. The van der Waals surface area contributed by atoms with Crippen LogP contribution in [0.3, 0.4) is 0 Å². The van der Waals surface area contributed by atoms with Crippen molar-refractivity contribution >= 4 is 28.4 Å². The van der Waals surface area contributed by atoms with Gasteiger partial charge in [-0.15, -0.1) is 0 Å². The van der Waals surface area contributed by atoms with Gasteiger partial charge in [0, 0.05) is 35.9 Å². The van der Waals surface area contributed by atoms with Crippen molar-refractivity contribution < 1.29 is 19.1 Å². The van der Waals surface area contributed by atoms with Crippen LogP contribution in [0.5, 0.6) is 0 Å². The lowest BCUT2D eigenvalue weighted by Gasteiger charge is -2.19. The summed E-state index contributed by atoms with van der Waals surface area (Å²) in [6.45, 7) is 1.80. The molecule has 4 aromatic rings. The smallest absolute Gasteiger partial charge is 0.251 e. The van der Waals surface area contributed by atoms with Gasteiger partial charge in [-0.3, -0.25) is 4.79 Å². The standard InChI is InChI=1S/C27H27N3O4/c31-12-15-33-14-10-29-27(32)23-2-1-3-24-22(23)7-11-30(24)26-18-20(6-9-28-26)16-19-4-5-25-21(17-19)8-13-34-25/h1-6,8-9,13,17-18,31H,7,10-12,14-16H2,(H,29,32). The molecular formula is C27H27N3O4. The molecule has 2 aromatic carbocycles. The summed E-state index contributed by atoms with van der Waals surface area (Å²) in [4.78, 5) is 19.6. The van der Waals surface area contributed by atoms with Gasteiger partial charge in [0.15, 0.2) is 0 Å². The Bertz CT molecular complexity index is 1300. The van der Waals surface area contributed by atoms with E-state index >= 15 is 0 Å². The number of anilines is 2. The number of carbonyl (C=O) groups is 1. The molecule has 1 aliphatic rings. The SMILES string of the molecule is O=C(NCCOCCO)c1cccc2c1CCN2c1cc(Cc2ccc3occc3c2)ccn1. The van der Waals surface area contributed by atoms with Crippen LogP contribution in [-0.4, -0.2) is 48.9 Å². The number of furan rings is 1. The van der Waals surface area contributed by atoms with Crippen LogP contribution in [0, 0.1) is 0 Å². The number of fused-ring (bicyclic) bond motifs is 2. The maximum Gasteiger partial charge on any atom is 0.251 e. The number of nitrogens with zero attached hydrogens (tertiary/aromatic N) is 2. The third-order valence-corrected chi connectivity index (χ3v) is 6.05. The van der Waals surface area contributed by atoms with E-state index in [2.05, 4.69) is 33.4 Å². The molecule has 7 heteroatoms. The number of aliphatic hydroxyl groups excluding tert-OH is 1. The largest absolute Gasteiger partial charge is 0.464 e. The first-order valence-electron chi connectivity index (χ1n) is 11.5. The van der Waals surface area contributed by atoms with Crippen LogP contribution in [0.25, 0.3) is 11.0 Å². The maximum atomic E-state index is 12.8. The molecule has 1 aliphatic heterocycles. The summed E-state index contributed by atoms with van der Waals surface area (Å²) in [5.41, 5.74) is 6.03. The Labute approximate surface area is 198 Å². The predicted molar refractivity (Wildman–Crippen MR) is 131 cm³/mol. The molecule has 0 unspecified atom stereocenters. The maximum absolute atomic E-state index is 12.8. The summed E-state index contributed by atoms with van der Waals surface area (Å²) < 4.78 is 10.7. The second kappa shape index (κ2) is 10.1. The minimum Gasteiger partial charge on any atom is -0.464 e. The number of hydrogen-bond donors (Lipinski definition) is 2. The molecule has 0 radical (unpaired) electrons. The average molecular weight is 458 g/mol. The van der Waals surface area contributed by atoms with Crippen molar-refractivity contribution in [3.8, 4) is 0 Å². The van der Waals surface area contributed by atoms with Gasteiger partial charge < -0.3 is 24.5 Å². The number of rotatable bonds is 9. The highest BCUT2D eigenvalue weighted by Crippen LogP contribution is 2.36. The van der Waals surface area contributed by atoms with Gasteiger partial charge in [-0.1, -0.05) is 12.1 Å². The fourth-order valence-corrected chi connectivity index (χ4v) is 4.46. The van der Waals surface area contributed by atoms with Crippen molar-refractivity contribution in [3.05, 3.63) is 89.3 Å². The molecule has 34 heavy (non-hydrogen) atoms. The van der Waals surface area contributed by atoms with Crippen LogP contribution in [0.15, 0.2) is 71.5 Å². The summed E-state index contributed by atoms with van der Waals surface area (Å²) in [6, 6.07) is 18.2. The van der Waals surface area contributed by atoms with Crippen molar-refractivity contribution in [1.82, 2.24) is 10.3 Å². The molecule has 1 amide bonds. The monoisotopic (exact) mass is 457 g/mol. The van der Waals surface area contributed by atoms with Crippen LogP contribution in [-0.2, 0) is 17.6 Å². The Morgan fingerprint density at radius 1 is 1.12 bits per heavy atom. The van der Waals surface area contributed by atoms with Gasteiger partial charge in [0.1, 0.15) is 11.4 Å². The fourth-order valence-electron chi connectivity index (χ4n) is 4.46. The van der Waals surface area contributed by atoms with Gasteiger partial charge in [-0.2, -0.15) is 0 Å². The highest BCUT2D eigenvalue weighted by atomic mass is 16.5. The molecule has 0 bridgehead atoms. The third kappa shape index (κ3) is 4.66. The van der Waals surface area contributed by atoms with Gasteiger partial charge in [0.2, 0.25) is 0 Å². The van der Waals surface area contributed by atoms with Crippen molar-refractivity contribution in [3.63, 3.8) is 0 Å². The number of carbonyl (C=O) groups excluding carboxylic acids is 1. The lowest BCUT2D eigenvalue weighted by molar-refractivity contribution is 0.0837. The van der Waals surface area contributed by atoms with E-state index in [1.165, 1.54) is 11.1 Å². The second-order valence-electron chi connectivity index (χ2n) is 8.29. The van der Waals surface area contributed by atoms with Crippen LogP contribution >= 0.6 is 0 Å². The summed E-state index contributed by atoms with van der Waals surface area (Å²) in [6.07, 6.45) is 5.15. The van der Waals surface area contributed by atoms with Crippen LogP contribution in [0.1, 0.15) is 27.0 Å². The van der Waals surface area contributed by atoms with E-state index in [4.69, 9.17) is 14.3 Å². The summed E-state index contributed by atoms with van der Waals surface area (Å²) in [5, 5.41) is 12.8. The first-order chi connectivity index (χ1) is 16.7. The second-order valence-corrected chi connectivity index (χ2v) is 8.29. The van der Waals surface area contributed by atoms with Gasteiger partial charge in [0.25, 0.3) is 5.91 Å². The van der Waals surface area contributed by atoms with Gasteiger partial charge >= 0.3 is 0 Å². The fraction of sp³-hybridized carbons (Fsp3) is 0.259. The number of benzene rings is 2. The van der Waals surface area contributed by atoms with Crippen molar-refractivity contribution in [1.29, 1.82) is 0 Å². The molecule has 174 valence electrons. The minimum atomic E-state index is -0.109. The van der Waals surface area contributed by atoms with Crippen molar-refractivity contribution in [2.24, 2.45) is 0 Å². The first-order valence-corrected chi connectivity index (χ1v) is 11.5. The third-order valence-electron chi connectivity index (χ3n) is 6.05. The van der Waals surface area contributed by atoms with Gasteiger partial charge in [0.05, 0.1) is 26.1 Å². The predicted octanol–water partition coefficient (Wildman–Crippen LogP) is 3.85. The zero-order valence-electron chi connectivity index (χ0n) is 18.9. The molecule has 0 saturated heterocycles. The molecule has 0 fully saturated rings. The quantitative estimate of drug-likeness (QED) is 0.371. The van der Waals surface area contributed by atoms with Gasteiger partial charge in [-0.05, 0) is 72.0 Å². The number of amides is 1. The van der Waals surface area contributed by atoms with E-state index in [1.807, 2.05) is 42.6 Å². The molecule has 0 aliphatic carbocycles. The van der Waals surface area contributed by atoms with E-state index in [0.29, 0.717) is 18.7 Å². The number of aliphatic hydroxyl groups is 1. The topological polar surface area (TPSA) is 87.8 Å². The van der Waals surface area contributed by atoms with E-state index in [-0.39, 0.29) is 19.1 Å². The van der Waals surface area contributed by atoms with Gasteiger partial charge in [-0.25, -0.2) is 4.98 Å². The minimum absolute atomic E-state index is 0.0230. The van der Waals surface area contributed by atoms with E-state index < -0.39 is 0 Å². The summed E-state index contributed by atoms with van der Waals surface area (Å²) in [7, 11) is 0. The Hall–Kier alpha value is -3.68. The molecule has 5 rings (SSSR count). The molecule has 3 heterocycles. The molecule has 0 spiro atoms. The molecule has 2 aromatic heterocycles. The molecule has 7 nitrogen and oxygen atoms in total. The number of ether oxygens (including phenoxy) is 1. The Kier molecular flexibility index (Phi) is 6.56. The van der Waals surface area contributed by atoms with Crippen LogP contribution in [0.4, 0.5) is 11.5 Å². The lowest BCUT2D eigenvalue weighted by atomic mass is 10.0. The summed E-state index contributed by atoms with van der Waals surface area (Å²) in [5.74, 6) is 0.776. The summed E-state index contributed by atoms with van der Waals surface area (Å²) >= 11 is 0. The highest BCUT2D eigenvalue weighted by molar-refractivity contribution is 5.98. The Morgan fingerprint density at radius 3 is 2.94 bits per heavy atom. The molecular weight excluding hydrogens is 430 g/mol. The molecule has 0 saturated carbocycles. The van der Waals surface area contributed by atoms with E-state index in [0.717, 1.165) is 47.4 Å². The Morgan fingerprint density at radius 2 is 2.03 bits per heavy atom. The van der Waals surface area contributed by atoms with E-state index in [1.54, 1.807) is 6.26 Å². The van der Waals surface area contributed by atoms with Crippen molar-refractivity contribution in [2.45, 2.75) is 12.8 Å². The van der Waals surface area contributed by atoms with Crippen LogP contribution in [0.2, 0.25) is 0 Å². The highest BCUT2D eigenvalue weighted by Gasteiger charge is 2.26. The lowest BCUT2D eigenvalue weighted by Crippen LogP contribution is -2.28. The average Bonchev–Trinajstić information content (AvgIpc) is 3.50. The number of pyridine rings is 1. The zero-order valence-corrected chi connectivity index (χ0v) is 18.9. The normalized spacial score (nSPS) is 12.8. The number of hydrogen-bond acceptors (Lipinski definition) is 6. The molecule has 0 atom stereocenters.